The van der Waals surface area contributed by atoms with Gasteiger partial charge in [0.05, 0.1) is 0 Å². The van der Waals surface area contributed by atoms with E-state index in [0.717, 1.165) is 11.2 Å². The van der Waals surface area contributed by atoms with Crippen molar-refractivity contribution in [3.8, 4) is 0 Å². The third-order valence-electron chi connectivity index (χ3n) is 1.75. The second kappa shape index (κ2) is 4.70. The quantitative estimate of drug-likeness (QED) is 0.584. The van der Waals surface area contributed by atoms with Gasteiger partial charge in [0.1, 0.15) is 6.29 Å². The number of hydrogen-bond donors (Lipinski definition) is 0. The van der Waals surface area contributed by atoms with Crippen LogP contribution in [0.4, 0.5) is 0 Å². The molecule has 2 rings (SSSR count). The molecule has 0 amide bonds. The van der Waals surface area contributed by atoms with Gasteiger partial charge in [-0.15, -0.1) is 0 Å². The van der Waals surface area contributed by atoms with E-state index in [1.165, 1.54) is 11.8 Å². The zero-order chi connectivity index (χ0) is 10.5. The van der Waals surface area contributed by atoms with Crippen LogP contribution < -0.4 is 0 Å². The molecule has 0 aliphatic heterocycles. The van der Waals surface area contributed by atoms with Crippen LogP contribution in [0.25, 0.3) is 0 Å². The molecule has 0 radical (unpaired) electrons. The fraction of sp³-hybridized carbons (Fsp3) is 0. The van der Waals surface area contributed by atoms with E-state index in [-0.39, 0.29) is 0 Å². The second-order valence-corrected chi connectivity index (χ2v) is 3.86. The maximum absolute atomic E-state index is 10.6. The number of nitrogens with zero attached hydrogens (tertiary/aromatic N) is 2. The average molecular weight is 216 g/mol. The molecular weight excluding hydrogens is 208 g/mol. The molecule has 4 heteroatoms. The molecule has 0 saturated heterocycles. The number of carbonyl (C=O) groups is 1. The van der Waals surface area contributed by atoms with Crippen LogP contribution in [0.2, 0.25) is 0 Å². The molecule has 0 fully saturated rings. The van der Waals surface area contributed by atoms with Gasteiger partial charge in [-0.3, -0.25) is 4.79 Å². The summed E-state index contributed by atoms with van der Waals surface area (Å²) >= 11 is 1.44. The summed E-state index contributed by atoms with van der Waals surface area (Å²) in [5.41, 5.74) is 0.663. The van der Waals surface area contributed by atoms with Gasteiger partial charge in [0.25, 0.3) is 0 Å². The molecule has 0 aliphatic rings. The van der Waals surface area contributed by atoms with Crippen LogP contribution in [0.3, 0.4) is 0 Å². The first-order valence-electron chi connectivity index (χ1n) is 4.38. The number of carbonyl (C=O) groups excluding carboxylic acids is 1. The van der Waals surface area contributed by atoms with Crippen LogP contribution in [0.15, 0.2) is 52.8 Å². The highest BCUT2D eigenvalue weighted by atomic mass is 32.2. The van der Waals surface area contributed by atoms with Gasteiger partial charge in [-0.05, 0) is 30.0 Å². The molecule has 0 unspecified atom stereocenters. The summed E-state index contributed by atoms with van der Waals surface area (Å²) in [6.45, 7) is 0. The number of hydrogen-bond acceptors (Lipinski definition) is 4. The SMILES string of the molecule is O=Cc1cccc(Sc2ncccn2)c1. The summed E-state index contributed by atoms with van der Waals surface area (Å²) in [6, 6.07) is 9.12. The van der Waals surface area contributed by atoms with Crippen molar-refractivity contribution in [1.29, 1.82) is 0 Å². The van der Waals surface area contributed by atoms with Crippen LogP contribution in [0, 0.1) is 0 Å². The predicted molar refractivity (Wildman–Crippen MR) is 58.0 cm³/mol. The molecule has 15 heavy (non-hydrogen) atoms. The monoisotopic (exact) mass is 216 g/mol. The van der Waals surface area contributed by atoms with E-state index < -0.39 is 0 Å². The Bertz CT molecular complexity index is 459. The Kier molecular flexibility index (Phi) is 3.09. The molecule has 0 atom stereocenters. The molecule has 2 aromatic rings. The van der Waals surface area contributed by atoms with Gasteiger partial charge in [-0.1, -0.05) is 12.1 Å². The average Bonchev–Trinajstić information content (AvgIpc) is 2.31. The zero-order valence-electron chi connectivity index (χ0n) is 7.83. The summed E-state index contributed by atoms with van der Waals surface area (Å²) < 4.78 is 0. The molecule has 1 aromatic carbocycles. The van der Waals surface area contributed by atoms with Gasteiger partial charge in [-0.25, -0.2) is 9.97 Å². The van der Waals surface area contributed by atoms with E-state index in [4.69, 9.17) is 0 Å². The zero-order valence-corrected chi connectivity index (χ0v) is 8.65. The van der Waals surface area contributed by atoms with Crippen LogP contribution >= 0.6 is 11.8 Å². The standard InChI is InChI=1S/C11H8N2OS/c14-8-9-3-1-4-10(7-9)15-11-12-5-2-6-13-11/h1-8H. The minimum absolute atomic E-state index is 0.663. The highest BCUT2D eigenvalue weighted by molar-refractivity contribution is 7.99. The number of benzene rings is 1. The van der Waals surface area contributed by atoms with Crippen molar-refractivity contribution >= 4 is 18.0 Å². The molecule has 0 N–H and O–H groups in total. The highest BCUT2D eigenvalue weighted by Crippen LogP contribution is 2.24. The smallest absolute Gasteiger partial charge is 0.192 e. The minimum Gasteiger partial charge on any atom is -0.298 e. The Morgan fingerprint density at radius 2 is 1.93 bits per heavy atom. The highest BCUT2D eigenvalue weighted by Gasteiger charge is 1.99. The van der Waals surface area contributed by atoms with Crippen molar-refractivity contribution in [3.63, 3.8) is 0 Å². The molecule has 0 saturated carbocycles. The molecule has 3 nitrogen and oxygen atoms in total. The van der Waals surface area contributed by atoms with Crippen molar-refractivity contribution in [2.75, 3.05) is 0 Å². The van der Waals surface area contributed by atoms with Gasteiger partial charge in [0.2, 0.25) is 0 Å². The normalized spacial score (nSPS) is 9.87. The summed E-state index contributed by atoms with van der Waals surface area (Å²) in [5, 5.41) is 0.681. The lowest BCUT2D eigenvalue weighted by Crippen LogP contribution is -1.84. The first-order valence-corrected chi connectivity index (χ1v) is 5.20. The minimum atomic E-state index is 0.663. The second-order valence-electron chi connectivity index (χ2n) is 2.82. The Balaban J connectivity index is 2.21. The lowest BCUT2D eigenvalue weighted by atomic mass is 10.2. The third kappa shape index (κ3) is 2.63. The van der Waals surface area contributed by atoms with Crippen molar-refractivity contribution in [2.45, 2.75) is 10.1 Å². The number of aromatic nitrogens is 2. The van der Waals surface area contributed by atoms with Gasteiger partial charge >= 0.3 is 0 Å². The van der Waals surface area contributed by atoms with Crippen LogP contribution in [0.5, 0.6) is 0 Å². The van der Waals surface area contributed by atoms with Crippen molar-refractivity contribution in [3.05, 3.63) is 48.3 Å². The summed E-state index contributed by atoms with van der Waals surface area (Å²) in [7, 11) is 0. The number of aldehydes is 1. The maximum atomic E-state index is 10.6. The molecule has 0 spiro atoms. The first-order chi connectivity index (χ1) is 7.38. The Morgan fingerprint density at radius 3 is 2.67 bits per heavy atom. The Morgan fingerprint density at radius 1 is 1.13 bits per heavy atom. The molecule has 1 heterocycles. The first kappa shape index (κ1) is 9.86. The fourth-order valence-corrected chi connectivity index (χ4v) is 1.87. The Labute approximate surface area is 91.6 Å². The van der Waals surface area contributed by atoms with Gasteiger partial charge < -0.3 is 0 Å². The van der Waals surface area contributed by atoms with Gasteiger partial charge in [0, 0.05) is 22.9 Å². The largest absolute Gasteiger partial charge is 0.298 e. The van der Waals surface area contributed by atoms with Crippen LogP contribution in [-0.2, 0) is 0 Å². The van der Waals surface area contributed by atoms with Crippen molar-refractivity contribution < 1.29 is 4.79 Å². The van der Waals surface area contributed by atoms with E-state index in [1.807, 2.05) is 18.2 Å². The summed E-state index contributed by atoms with van der Waals surface area (Å²) in [6.07, 6.45) is 4.22. The maximum Gasteiger partial charge on any atom is 0.192 e. The predicted octanol–water partition coefficient (Wildman–Crippen LogP) is 2.44. The molecule has 74 valence electrons. The molecule has 0 bridgehead atoms. The van der Waals surface area contributed by atoms with Crippen molar-refractivity contribution in [1.82, 2.24) is 9.97 Å². The van der Waals surface area contributed by atoms with E-state index in [9.17, 15) is 4.79 Å². The van der Waals surface area contributed by atoms with E-state index in [0.29, 0.717) is 10.7 Å². The van der Waals surface area contributed by atoms with Crippen molar-refractivity contribution in [2.24, 2.45) is 0 Å². The van der Waals surface area contributed by atoms with Gasteiger partial charge in [0.15, 0.2) is 5.16 Å². The topological polar surface area (TPSA) is 42.9 Å². The third-order valence-corrected chi connectivity index (χ3v) is 2.63. The van der Waals surface area contributed by atoms with E-state index in [2.05, 4.69) is 9.97 Å². The molecule has 0 aliphatic carbocycles. The molecular formula is C11H8N2OS. The number of rotatable bonds is 3. The van der Waals surface area contributed by atoms with Gasteiger partial charge in [-0.2, -0.15) is 0 Å². The lowest BCUT2D eigenvalue weighted by molar-refractivity contribution is 0.112. The van der Waals surface area contributed by atoms with E-state index >= 15 is 0 Å². The fourth-order valence-electron chi connectivity index (χ4n) is 1.09. The summed E-state index contributed by atoms with van der Waals surface area (Å²) in [5.74, 6) is 0. The molecule has 1 aromatic heterocycles. The van der Waals surface area contributed by atoms with Crippen LogP contribution in [0.1, 0.15) is 10.4 Å². The Hall–Kier alpha value is -1.68. The summed E-state index contributed by atoms with van der Waals surface area (Å²) in [4.78, 5) is 19.7. The lowest BCUT2D eigenvalue weighted by Gasteiger charge is -1.99. The van der Waals surface area contributed by atoms with E-state index in [1.54, 1.807) is 24.5 Å². The van der Waals surface area contributed by atoms with Crippen LogP contribution in [-0.4, -0.2) is 16.3 Å².